The molecule has 1 aliphatic rings. The number of aromatic nitrogens is 2. The molecule has 2 aromatic rings. The molecule has 1 aromatic carbocycles. The number of nitrogens with zero attached hydrogens (tertiary/aromatic N) is 2. The van der Waals surface area contributed by atoms with Crippen LogP contribution in [0.15, 0.2) is 36.5 Å². The van der Waals surface area contributed by atoms with Crippen LogP contribution in [0.5, 0.6) is 0 Å². The van der Waals surface area contributed by atoms with E-state index in [1.165, 1.54) is 0 Å². The molecule has 0 bridgehead atoms. The zero-order valence-corrected chi connectivity index (χ0v) is 20.7. The molecule has 0 spiro atoms. The van der Waals surface area contributed by atoms with E-state index in [2.05, 4.69) is 59.8 Å². The van der Waals surface area contributed by atoms with Crippen LogP contribution >= 0.6 is 0 Å². The number of carbonyl (C=O) groups is 2. The number of imidazole rings is 1. The molecule has 7 nitrogen and oxygen atoms in total. The van der Waals surface area contributed by atoms with Crippen LogP contribution in [0.3, 0.4) is 0 Å². The normalized spacial score (nSPS) is 18.2. The molecule has 33 heavy (non-hydrogen) atoms. The average molecular weight is 454 g/mol. The summed E-state index contributed by atoms with van der Waals surface area (Å²) in [5.74, 6) is 0.359. The van der Waals surface area contributed by atoms with E-state index >= 15 is 0 Å². The van der Waals surface area contributed by atoms with Gasteiger partial charge in [0.25, 0.3) is 0 Å². The number of hydrogen-bond donors (Lipinski definition) is 3. The van der Waals surface area contributed by atoms with Crippen molar-refractivity contribution in [3.8, 4) is 0 Å². The van der Waals surface area contributed by atoms with E-state index in [4.69, 9.17) is 0 Å². The summed E-state index contributed by atoms with van der Waals surface area (Å²) in [6.07, 6.45) is 3.78. The van der Waals surface area contributed by atoms with Gasteiger partial charge in [0, 0.05) is 31.1 Å². The number of aromatic amines is 1. The zero-order chi connectivity index (χ0) is 24.2. The molecule has 0 radical (unpaired) electrons. The highest BCUT2D eigenvalue weighted by Gasteiger charge is 2.28. The number of nitrogens with one attached hydrogen (secondary N) is 3. The lowest BCUT2D eigenvalue weighted by Crippen LogP contribution is -2.48. The van der Waals surface area contributed by atoms with Gasteiger partial charge in [0.05, 0.1) is 17.1 Å². The van der Waals surface area contributed by atoms with Crippen molar-refractivity contribution in [1.29, 1.82) is 0 Å². The maximum absolute atomic E-state index is 13.3. The number of para-hydroxylation sites is 2. The molecule has 0 unspecified atom stereocenters. The van der Waals surface area contributed by atoms with Gasteiger partial charge in [-0.1, -0.05) is 39.5 Å². The second-order valence-electron chi connectivity index (χ2n) is 10.5. The minimum absolute atomic E-state index is 0.0550. The first-order valence-corrected chi connectivity index (χ1v) is 12.0. The van der Waals surface area contributed by atoms with Crippen LogP contribution in [-0.2, 0) is 9.59 Å². The largest absolute Gasteiger partial charge is 0.373 e. The molecule has 1 saturated heterocycles. The summed E-state index contributed by atoms with van der Waals surface area (Å²) in [4.78, 5) is 36.1. The maximum Gasteiger partial charge on any atom is 0.243 e. The van der Waals surface area contributed by atoms with Crippen molar-refractivity contribution in [2.24, 2.45) is 5.41 Å². The Morgan fingerprint density at radius 1 is 1.27 bits per heavy atom. The molecule has 3 N–H and O–H groups in total. The number of hydrogen-bond acceptors (Lipinski definition) is 4. The summed E-state index contributed by atoms with van der Waals surface area (Å²) >= 11 is 0. The topological polar surface area (TPSA) is 90.1 Å². The van der Waals surface area contributed by atoms with Gasteiger partial charge in [-0.25, -0.2) is 4.98 Å². The predicted octanol–water partition coefficient (Wildman–Crippen LogP) is 4.44. The summed E-state index contributed by atoms with van der Waals surface area (Å²) < 4.78 is 0. The minimum atomic E-state index is -0.676. The molecule has 7 heteroatoms. The van der Waals surface area contributed by atoms with Gasteiger partial charge in [0.2, 0.25) is 11.8 Å². The van der Waals surface area contributed by atoms with Crippen LogP contribution in [0.1, 0.15) is 78.6 Å². The molecule has 3 atom stereocenters. The Balaban J connectivity index is 1.69. The first-order valence-electron chi connectivity index (χ1n) is 12.0. The number of amides is 2. The molecule has 0 aliphatic carbocycles. The monoisotopic (exact) mass is 453 g/mol. The number of benzene rings is 1. The van der Waals surface area contributed by atoms with Gasteiger partial charge in [-0.05, 0) is 50.7 Å². The number of H-pyrrole nitrogens is 1. The fourth-order valence-corrected chi connectivity index (χ4v) is 4.28. The van der Waals surface area contributed by atoms with Crippen LogP contribution in [0.25, 0.3) is 11.0 Å². The Bertz CT molecular complexity index is 957. The van der Waals surface area contributed by atoms with E-state index < -0.39 is 6.04 Å². The Hall–Kier alpha value is -2.83. The molecule has 2 heterocycles. The fourth-order valence-electron chi connectivity index (χ4n) is 4.28. The van der Waals surface area contributed by atoms with Gasteiger partial charge in [0.15, 0.2) is 0 Å². The van der Waals surface area contributed by atoms with Crippen molar-refractivity contribution in [1.82, 2.24) is 25.5 Å². The maximum atomic E-state index is 13.3. The van der Waals surface area contributed by atoms with Crippen LogP contribution in [-0.4, -0.2) is 45.3 Å². The third kappa shape index (κ3) is 6.83. The number of carbonyl (C=O) groups excluding carboxylic acids is 2. The van der Waals surface area contributed by atoms with E-state index in [0.717, 1.165) is 42.5 Å². The molecule has 180 valence electrons. The SMILES string of the molecule is C=C(C[C@H](NC(=O)CCC(C)(C)C)C(=O)N[C@@H](C)c1nc2ccccc2[nH]1)N1CCC[C@@H]1C. The van der Waals surface area contributed by atoms with E-state index in [1.807, 2.05) is 31.2 Å². The van der Waals surface area contributed by atoms with Crippen LogP contribution in [0, 0.1) is 5.41 Å². The molecule has 1 aromatic heterocycles. The summed E-state index contributed by atoms with van der Waals surface area (Å²) in [7, 11) is 0. The average Bonchev–Trinajstić information content (AvgIpc) is 3.37. The number of rotatable bonds is 9. The first kappa shape index (κ1) is 24.8. The first-order chi connectivity index (χ1) is 15.5. The smallest absolute Gasteiger partial charge is 0.243 e. The molecule has 3 rings (SSSR count). The van der Waals surface area contributed by atoms with Crippen molar-refractivity contribution in [2.75, 3.05) is 6.54 Å². The van der Waals surface area contributed by atoms with Gasteiger partial charge in [0.1, 0.15) is 11.9 Å². The molecule has 1 fully saturated rings. The van der Waals surface area contributed by atoms with Gasteiger partial charge in [-0.3, -0.25) is 9.59 Å². The van der Waals surface area contributed by atoms with Gasteiger partial charge in [-0.15, -0.1) is 0 Å². The summed E-state index contributed by atoms with van der Waals surface area (Å²) in [6.45, 7) is 15.6. The number of fused-ring (bicyclic) bond motifs is 1. The van der Waals surface area contributed by atoms with E-state index in [1.54, 1.807) is 0 Å². The van der Waals surface area contributed by atoms with E-state index in [9.17, 15) is 9.59 Å². The summed E-state index contributed by atoms with van der Waals surface area (Å²) in [5, 5.41) is 6.01. The van der Waals surface area contributed by atoms with Crippen LogP contribution < -0.4 is 10.6 Å². The molecule has 0 saturated carbocycles. The second kappa shape index (κ2) is 10.4. The van der Waals surface area contributed by atoms with Crippen molar-refractivity contribution < 1.29 is 9.59 Å². The van der Waals surface area contributed by atoms with Crippen molar-refractivity contribution in [3.05, 3.63) is 42.4 Å². The lowest BCUT2D eigenvalue weighted by molar-refractivity contribution is -0.129. The van der Waals surface area contributed by atoms with Crippen LogP contribution in [0.2, 0.25) is 0 Å². The Labute approximate surface area is 197 Å². The van der Waals surface area contributed by atoms with Gasteiger partial charge < -0.3 is 20.5 Å². The standard InChI is InChI=1S/C26H39N5O2/c1-17-10-9-15-31(17)18(2)16-22(28-23(32)13-14-26(4,5)6)25(33)27-19(3)24-29-20-11-7-8-12-21(20)30-24/h7-8,11-12,17,19,22H,2,9-10,13-16H2,1,3-6H3,(H,27,33)(H,28,32)(H,29,30)/t17-,19-,22-/m0/s1. The Morgan fingerprint density at radius 3 is 2.64 bits per heavy atom. The lowest BCUT2D eigenvalue weighted by Gasteiger charge is -2.29. The van der Waals surface area contributed by atoms with E-state index in [-0.39, 0.29) is 23.3 Å². The Morgan fingerprint density at radius 2 is 2.00 bits per heavy atom. The lowest BCUT2D eigenvalue weighted by atomic mass is 9.90. The molecular formula is C26H39N5O2. The summed E-state index contributed by atoms with van der Waals surface area (Å²) in [5.41, 5.74) is 2.74. The molecule has 1 aliphatic heterocycles. The third-order valence-electron chi connectivity index (χ3n) is 6.33. The highest BCUT2D eigenvalue weighted by atomic mass is 16.2. The minimum Gasteiger partial charge on any atom is -0.373 e. The van der Waals surface area contributed by atoms with Crippen molar-refractivity contribution in [2.45, 2.75) is 84.8 Å². The van der Waals surface area contributed by atoms with Crippen LogP contribution in [0.4, 0.5) is 0 Å². The van der Waals surface area contributed by atoms with Crippen molar-refractivity contribution in [3.63, 3.8) is 0 Å². The highest BCUT2D eigenvalue weighted by molar-refractivity contribution is 5.88. The van der Waals surface area contributed by atoms with Gasteiger partial charge in [-0.2, -0.15) is 0 Å². The third-order valence-corrected chi connectivity index (χ3v) is 6.33. The molecule has 2 amide bonds. The summed E-state index contributed by atoms with van der Waals surface area (Å²) in [6, 6.07) is 7.18. The Kier molecular flexibility index (Phi) is 7.82. The zero-order valence-electron chi connectivity index (χ0n) is 20.7. The van der Waals surface area contributed by atoms with Gasteiger partial charge >= 0.3 is 0 Å². The molecular weight excluding hydrogens is 414 g/mol. The van der Waals surface area contributed by atoms with Crippen molar-refractivity contribution >= 4 is 22.8 Å². The highest BCUT2D eigenvalue weighted by Crippen LogP contribution is 2.24. The predicted molar refractivity (Wildman–Crippen MR) is 132 cm³/mol. The number of likely N-dealkylation sites (tertiary alicyclic amines) is 1. The fraction of sp³-hybridized carbons (Fsp3) is 0.577. The quantitative estimate of drug-likeness (QED) is 0.524. The second-order valence-corrected chi connectivity index (χ2v) is 10.5. The van der Waals surface area contributed by atoms with E-state index in [0.29, 0.717) is 24.7 Å².